The fourth-order valence-electron chi connectivity index (χ4n) is 2.08. The van der Waals surface area contributed by atoms with E-state index < -0.39 is 0 Å². The lowest BCUT2D eigenvalue weighted by Gasteiger charge is -2.35. The molecule has 0 saturated carbocycles. The fourth-order valence-corrected chi connectivity index (χ4v) is 2.71. The second-order valence-corrected chi connectivity index (χ2v) is 6.25. The molecule has 2 rings (SSSR count). The molecule has 0 aliphatic carbocycles. The van der Waals surface area contributed by atoms with E-state index in [1.54, 1.807) is 0 Å². The van der Waals surface area contributed by atoms with Gasteiger partial charge in [-0.25, -0.2) is 4.90 Å². The molecule has 4 heteroatoms. The minimum atomic E-state index is -0.217. The Balaban J connectivity index is 2.38. The average molecular weight is 343 g/mol. The van der Waals surface area contributed by atoms with Crippen LogP contribution in [0.5, 0.6) is 0 Å². The molecule has 1 heterocycles. The van der Waals surface area contributed by atoms with Gasteiger partial charge in [-0.05, 0) is 40.1 Å². The highest BCUT2D eigenvalue weighted by Gasteiger charge is 2.38. The summed E-state index contributed by atoms with van der Waals surface area (Å²) in [6, 6.07) is 7.46. The molecule has 0 unspecified atom stereocenters. The standard InChI is InChI=1S/C13H14INO2/c1-13(2)7-11(16)15(12(17)8-13)10-6-4-3-5-9(10)14/h3-6H,7-8H2,1-2H3. The van der Waals surface area contributed by atoms with E-state index in [1.165, 1.54) is 4.90 Å². The van der Waals surface area contributed by atoms with Crippen molar-refractivity contribution >= 4 is 40.1 Å². The highest BCUT2D eigenvalue weighted by molar-refractivity contribution is 14.1. The first kappa shape index (κ1) is 12.5. The number of amides is 2. The number of carbonyl (C=O) groups is 2. The summed E-state index contributed by atoms with van der Waals surface area (Å²) in [7, 11) is 0. The Morgan fingerprint density at radius 1 is 1.12 bits per heavy atom. The van der Waals surface area contributed by atoms with Crippen LogP contribution in [-0.2, 0) is 9.59 Å². The lowest BCUT2D eigenvalue weighted by atomic mass is 9.81. The smallest absolute Gasteiger partial charge is 0.234 e. The maximum atomic E-state index is 12.1. The van der Waals surface area contributed by atoms with E-state index in [0.717, 1.165) is 3.57 Å². The summed E-state index contributed by atoms with van der Waals surface area (Å²) in [5.74, 6) is -0.203. The molecule has 2 amide bonds. The molecule has 1 aliphatic rings. The number of benzene rings is 1. The molecule has 17 heavy (non-hydrogen) atoms. The molecule has 1 aromatic carbocycles. The molecule has 90 valence electrons. The van der Waals surface area contributed by atoms with Crippen molar-refractivity contribution < 1.29 is 9.59 Å². The Morgan fingerprint density at radius 3 is 2.18 bits per heavy atom. The van der Waals surface area contributed by atoms with Crippen molar-refractivity contribution in [3.05, 3.63) is 27.8 Å². The third-order valence-electron chi connectivity index (χ3n) is 2.85. The maximum absolute atomic E-state index is 12.1. The summed E-state index contributed by atoms with van der Waals surface area (Å²) >= 11 is 2.15. The highest BCUT2D eigenvalue weighted by atomic mass is 127. The van der Waals surface area contributed by atoms with E-state index >= 15 is 0 Å². The summed E-state index contributed by atoms with van der Waals surface area (Å²) in [4.78, 5) is 25.5. The predicted molar refractivity (Wildman–Crippen MR) is 74.7 cm³/mol. The molecule has 3 nitrogen and oxygen atoms in total. The van der Waals surface area contributed by atoms with Crippen LogP contribution in [0.3, 0.4) is 0 Å². The quantitative estimate of drug-likeness (QED) is 0.581. The molecule has 0 atom stereocenters. The van der Waals surface area contributed by atoms with Crippen molar-refractivity contribution in [2.45, 2.75) is 26.7 Å². The molecule has 0 N–H and O–H groups in total. The topological polar surface area (TPSA) is 37.4 Å². The zero-order valence-electron chi connectivity index (χ0n) is 9.87. The molecule has 1 saturated heterocycles. The first-order valence-corrected chi connectivity index (χ1v) is 6.59. The van der Waals surface area contributed by atoms with Crippen molar-refractivity contribution in [3.8, 4) is 0 Å². The summed E-state index contributed by atoms with van der Waals surface area (Å²) in [6.45, 7) is 3.91. The van der Waals surface area contributed by atoms with E-state index in [4.69, 9.17) is 0 Å². The number of imide groups is 1. The van der Waals surface area contributed by atoms with Gasteiger partial charge in [0.1, 0.15) is 0 Å². The van der Waals surface area contributed by atoms with Crippen LogP contribution in [-0.4, -0.2) is 11.8 Å². The Bertz CT molecular complexity index is 462. The monoisotopic (exact) mass is 343 g/mol. The van der Waals surface area contributed by atoms with E-state index in [1.807, 2.05) is 38.1 Å². The lowest BCUT2D eigenvalue weighted by molar-refractivity contribution is -0.132. The Morgan fingerprint density at radius 2 is 1.65 bits per heavy atom. The normalized spacial score (nSPS) is 19.6. The molecule has 0 bridgehead atoms. The van der Waals surface area contributed by atoms with Gasteiger partial charge in [0, 0.05) is 16.4 Å². The van der Waals surface area contributed by atoms with Crippen LogP contribution in [0.1, 0.15) is 26.7 Å². The van der Waals surface area contributed by atoms with Gasteiger partial charge in [0.15, 0.2) is 0 Å². The van der Waals surface area contributed by atoms with Crippen molar-refractivity contribution in [2.24, 2.45) is 5.41 Å². The number of carbonyl (C=O) groups excluding carboxylic acids is 2. The summed E-state index contributed by atoms with van der Waals surface area (Å²) in [5.41, 5.74) is 0.490. The molecular weight excluding hydrogens is 329 g/mol. The molecule has 0 spiro atoms. The van der Waals surface area contributed by atoms with E-state index in [-0.39, 0.29) is 17.2 Å². The van der Waals surface area contributed by atoms with Gasteiger partial charge >= 0.3 is 0 Å². The first-order valence-electron chi connectivity index (χ1n) is 5.51. The van der Waals surface area contributed by atoms with Crippen LogP contribution in [0.25, 0.3) is 0 Å². The van der Waals surface area contributed by atoms with E-state index in [2.05, 4.69) is 22.6 Å². The molecule has 0 radical (unpaired) electrons. The number of hydrogen-bond acceptors (Lipinski definition) is 2. The number of halogens is 1. The minimum Gasteiger partial charge on any atom is -0.274 e. The number of anilines is 1. The molecule has 1 fully saturated rings. The van der Waals surface area contributed by atoms with Gasteiger partial charge in [0.25, 0.3) is 0 Å². The fraction of sp³-hybridized carbons (Fsp3) is 0.385. The van der Waals surface area contributed by atoms with Gasteiger partial charge in [-0.2, -0.15) is 0 Å². The van der Waals surface area contributed by atoms with Gasteiger partial charge in [-0.1, -0.05) is 26.0 Å². The van der Waals surface area contributed by atoms with Crippen LogP contribution in [0.15, 0.2) is 24.3 Å². The van der Waals surface area contributed by atoms with Crippen LogP contribution in [0.2, 0.25) is 0 Å². The SMILES string of the molecule is CC1(C)CC(=O)N(c2ccccc2I)C(=O)C1. The first-order chi connectivity index (χ1) is 7.91. The third kappa shape index (κ3) is 2.51. The van der Waals surface area contributed by atoms with Gasteiger partial charge in [0.05, 0.1) is 5.69 Å². The van der Waals surface area contributed by atoms with Crippen LogP contribution in [0.4, 0.5) is 5.69 Å². The van der Waals surface area contributed by atoms with Gasteiger partial charge in [-0.3, -0.25) is 9.59 Å². The van der Waals surface area contributed by atoms with Crippen LogP contribution >= 0.6 is 22.6 Å². The maximum Gasteiger partial charge on any atom is 0.234 e. The zero-order valence-corrected chi connectivity index (χ0v) is 12.0. The number of piperidine rings is 1. The summed E-state index contributed by atoms with van der Waals surface area (Å²) in [5, 5.41) is 0. The largest absolute Gasteiger partial charge is 0.274 e. The molecule has 1 aromatic rings. The van der Waals surface area contributed by atoms with E-state index in [0.29, 0.717) is 18.5 Å². The van der Waals surface area contributed by atoms with Crippen molar-refractivity contribution in [1.82, 2.24) is 0 Å². The third-order valence-corrected chi connectivity index (χ3v) is 3.76. The van der Waals surface area contributed by atoms with Gasteiger partial charge in [-0.15, -0.1) is 0 Å². The van der Waals surface area contributed by atoms with Crippen LogP contribution in [0, 0.1) is 8.99 Å². The molecule has 0 aromatic heterocycles. The number of para-hydroxylation sites is 1. The number of nitrogens with zero attached hydrogens (tertiary/aromatic N) is 1. The minimum absolute atomic E-state index is 0.102. The van der Waals surface area contributed by atoms with Gasteiger partial charge < -0.3 is 0 Å². The van der Waals surface area contributed by atoms with E-state index in [9.17, 15) is 9.59 Å². The Kier molecular flexibility index (Phi) is 3.25. The summed E-state index contributed by atoms with van der Waals surface area (Å²) in [6.07, 6.45) is 0.841. The molecular formula is C13H14INO2. The highest BCUT2D eigenvalue weighted by Crippen LogP contribution is 2.35. The second kappa shape index (κ2) is 4.40. The second-order valence-electron chi connectivity index (χ2n) is 5.09. The van der Waals surface area contributed by atoms with Gasteiger partial charge in [0.2, 0.25) is 11.8 Å². The summed E-state index contributed by atoms with van der Waals surface area (Å²) < 4.78 is 0.923. The van der Waals surface area contributed by atoms with Crippen molar-refractivity contribution in [3.63, 3.8) is 0 Å². The molecule has 1 aliphatic heterocycles. The van der Waals surface area contributed by atoms with Crippen molar-refractivity contribution in [2.75, 3.05) is 4.90 Å². The Labute approximate surface area is 114 Å². The lowest BCUT2D eigenvalue weighted by Crippen LogP contribution is -2.46. The number of hydrogen-bond donors (Lipinski definition) is 0. The number of rotatable bonds is 1. The predicted octanol–water partition coefficient (Wildman–Crippen LogP) is 2.97. The zero-order chi connectivity index (χ0) is 12.6. The Hall–Kier alpha value is -0.910. The van der Waals surface area contributed by atoms with Crippen molar-refractivity contribution in [1.29, 1.82) is 0 Å². The average Bonchev–Trinajstić information content (AvgIpc) is 2.17. The van der Waals surface area contributed by atoms with Crippen LogP contribution < -0.4 is 4.90 Å².